The Balaban J connectivity index is 2.18. The van der Waals surface area contributed by atoms with Crippen LogP contribution in [-0.2, 0) is 4.74 Å². The summed E-state index contributed by atoms with van der Waals surface area (Å²) in [6, 6.07) is 0.494. The van der Waals surface area contributed by atoms with Crippen molar-refractivity contribution in [2.75, 3.05) is 39.4 Å². The predicted octanol–water partition coefficient (Wildman–Crippen LogP) is 2.67. The van der Waals surface area contributed by atoms with Gasteiger partial charge >= 0.3 is 6.18 Å². The molecule has 0 aliphatic carbocycles. The summed E-state index contributed by atoms with van der Waals surface area (Å²) in [7, 11) is 0. The van der Waals surface area contributed by atoms with E-state index in [1.165, 1.54) is 0 Å². The van der Waals surface area contributed by atoms with Gasteiger partial charge in [-0.15, -0.1) is 0 Å². The monoisotopic (exact) mass is 296 g/mol. The summed E-state index contributed by atoms with van der Waals surface area (Å²) in [4.78, 5) is 2.34. The normalized spacial score (nSPS) is 22.2. The molecule has 1 heterocycles. The van der Waals surface area contributed by atoms with Crippen LogP contribution < -0.4 is 5.32 Å². The molecule has 1 unspecified atom stereocenters. The lowest BCUT2D eigenvalue weighted by Crippen LogP contribution is -2.39. The molecule has 0 radical (unpaired) electrons. The van der Waals surface area contributed by atoms with E-state index in [9.17, 15) is 13.2 Å². The van der Waals surface area contributed by atoms with Crippen LogP contribution >= 0.6 is 0 Å². The van der Waals surface area contributed by atoms with Crippen molar-refractivity contribution in [2.24, 2.45) is 5.92 Å². The minimum atomic E-state index is -4.21. The molecule has 1 rings (SSSR count). The number of ether oxygens (including phenoxy) is 1. The van der Waals surface area contributed by atoms with Crippen LogP contribution in [0.1, 0.15) is 33.1 Å². The first kappa shape index (κ1) is 17.7. The summed E-state index contributed by atoms with van der Waals surface area (Å²) >= 11 is 0. The third kappa shape index (κ3) is 8.76. The second-order valence-electron chi connectivity index (χ2n) is 5.96. The van der Waals surface area contributed by atoms with Crippen LogP contribution in [0.4, 0.5) is 13.2 Å². The van der Waals surface area contributed by atoms with E-state index in [-0.39, 0.29) is 6.61 Å². The molecule has 1 atom stereocenters. The molecule has 1 fully saturated rings. The fourth-order valence-electron chi connectivity index (χ4n) is 2.58. The second-order valence-corrected chi connectivity index (χ2v) is 5.96. The molecule has 0 aromatic rings. The van der Waals surface area contributed by atoms with Gasteiger partial charge in [0.25, 0.3) is 0 Å². The lowest BCUT2D eigenvalue weighted by atomic mass is 10.0. The van der Waals surface area contributed by atoms with Gasteiger partial charge in [0.05, 0.1) is 0 Å². The first-order valence-electron chi connectivity index (χ1n) is 7.47. The summed E-state index contributed by atoms with van der Waals surface area (Å²) in [5.74, 6) is 0.655. The van der Waals surface area contributed by atoms with Gasteiger partial charge in [-0.25, -0.2) is 0 Å². The number of hydrogen-bond donors (Lipinski definition) is 1. The minimum absolute atomic E-state index is 0.179. The van der Waals surface area contributed by atoms with Crippen molar-refractivity contribution in [3.63, 3.8) is 0 Å². The van der Waals surface area contributed by atoms with E-state index in [0.717, 1.165) is 39.0 Å². The molecule has 0 spiro atoms. The van der Waals surface area contributed by atoms with Crippen LogP contribution in [0.3, 0.4) is 0 Å². The van der Waals surface area contributed by atoms with Crippen molar-refractivity contribution < 1.29 is 17.9 Å². The highest BCUT2D eigenvalue weighted by Crippen LogP contribution is 2.14. The van der Waals surface area contributed by atoms with E-state index in [1.807, 2.05) is 0 Å². The first-order valence-corrected chi connectivity index (χ1v) is 7.47. The fourth-order valence-corrected chi connectivity index (χ4v) is 2.58. The van der Waals surface area contributed by atoms with Crippen LogP contribution in [0, 0.1) is 5.92 Å². The summed E-state index contributed by atoms with van der Waals surface area (Å²) in [5.41, 5.74) is 0. The van der Waals surface area contributed by atoms with Crippen molar-refractivity contribution in [3.8, 4) is 0 Å². The highest BCUT2D eigenvalue weighted by molar-refractivity contribution is 4.77. The van der Waals surface area contributed by atoms with Gasteiger partial charge in [-0.2, -0.15) is 13.2 Å². The molecule has 0 aromatic heterocycles. The van der Waals surface area contributed by atoms with Crippen molar-refractivity contribution >= 4 is 0 Å². The van der Waals surface area contributed by atoms with Crippen LogP contribution in [-0.4, -0.2) is 56.5 Å². The van der Waals surface area contributed by atoms with Crippen molar-refractivity contribution in [2.45, 2.75) is 45.3 Å². The quantitative estimate of drug-likeness (QED) is 0.731. The Labute approximate surface area is 119 Å². The average molecular weight is 296 g/mol. The number of rotatable bonds is 7. The zero-order chi connectivity index (χ0) is 15.0. The maximum atomic E-state index is 11.9. The zero-order valence-electron chi connectivity index (χ0n) is 12.5. The molecule has 0 amide bonds. The van der Waals surface area contributed by atoms with Crippen LogP contribution in [0.25, 0.3) is 0 Å². The zero-order valence-corrected chi connectivity index (χ0v) is 12.5. The molecule has 120 valence electrons. The van der Waals surface area contributed by atoms with Crippen LogP contribution in [0.2, 0.25) is 0 Å². The molecule has 6 heteroatoms. The number of hydrogen-bond acceptors (Lipinski definition) is 3. The third-order valence-electron chi connectivity index (χ3n) is 3.35. The molecule has 20 heavy (non-hydrogen) atoms. The molecule has 1 saturated heterocycles. The standard InChI is InChI=1S/C14H27F3N2O/c1-12(2)9-13-10-19(6-3-5-18-13)7-4-8-20-11-14(15,16)17/h12-13,18H,3-11H2,1-2H3. The van der Waals surface area contributed by atoms with Gasteiger partial charge < -0.3 is 15.0 Å². The van der Waals surface area contributed by atoms with Crippen molar-refractivity contribution in [1.82, 2.24) is 10.2 Å². The molecule has 0 aromatic carbocycles. The van der Waals surface area contributed by atoms with Gasteiger partial charge in [0.15, 0.2) is 0 Å². The summed E-state index contributed by atoms with van der Waals surface area (Å²) in [5, 5.41) is 3.54. The number of nitrogens with zero attached hydrogens (tertiary/aromatic N) is 1. The van der Waals surface area contributed by atoms with Gasteiger partial charge in [0, 0.05) is 25.7 Å². The predicted molar refractivity (Wildman–Crippen MR) is 73.8 cm³/mol. The van der Waals surface area contributed by atoms with Crippen molar-refractivity contribution in [3.05, 3.63) is 0 Å². The highest BCUT2D eigenvalue weighted by Gasteiger charge is 2.27. The van der Waals surface area contributed by atoms with E-state index in [2.05, 4.69) is 28.8 Å². The first-order chi connectivity index (χ1) is 9.37. The maximum Gasteiger partial charge on any atom is 0.411 e. The molecule has 1 aliphatic heterocycles. The van der Waals surface area contributed by atoms with E-state index >= 15 is 0 Å². The number of alkyl halides is 3. The lowest BCUT2D eigenvalue weighted by molar-refractivity contribution is -0.174. The lowest BCUT2D eigenvalue weighted by Gasteiger charge is -2.25. The van der Waals surface area contributed by atoms with E-state index in [4.69, 9.17) is 0 Å². The van der Waals surface area contributed by atoms with Crippen LogP contribution in [0.5, 0.6) is 0 Å². The SMILES string of the molecule is CC(C)CC1CN(CCCOCC(F)(F)F)CCCN1. The Kier molecular flexibility index (Phi) is 7.84. The van der Waals surface area contributed by atoms with Gasteiger partial charge in [-0.3, -0.25) is 0 Å². The Morgan fingerprint density at radius 3 is 2.75 bits per heavy atom. The topological polar surface area (TPSA) is 24.5 Å². The number of nitrogens with one attached hydrogen (secondary N) is 1. The Hall–Kier alpha value is -0.330. The molecule has 1 N–H and O–H groups in total. The van der Waals surface area contributed by atoms with E-state index in [0.29, 0.717) is 18.4 Å². The highest BCUT2D eigenvalue weighted by atomic mass is 19.4. The van der Waals surface area contributed by atoms with Gasteiger partial charge in [-0.1, -0.05) is 13.8 Å². The summed E-state index contributed by atoms with van der Waals surface area (Å²) in [6.45, 7) is 7.30. The van der Waals surface area contributed by atoms with Crippen LogP contribution in [0.15, 0.2) is 0 Å². The van der Waals surface area contributed by atoms with Gasteiger partial charge in [0.1, 0.15) is 6.61 Å². The Morgan fingerprint density at radius 2 is 2.10 bits per heavy atom. The Morgan fingerprint density at radius 1 is 1.35 bits per heavy atom. The van der Waals surface area contributed by atoms with Gasteiger partial charge in [-0.05, 0) is 38.3 Å². The largest absolute Gasteiger partial charge is 0.411 e. The third-order valence-corrected chi connectivity index (χ3v) is 3.35. The summed E-state index contributed by atoms with van der Waals surface area (Å²) in [6.07, 6.45) is -1.32. The maximum absolute atomic E-state index is 11.9. The molecule has 0 bridgehead atoms. The number of halogens is 3. The average Bonchev–Trinajstić information content (AvgIpc) is 2.51. The second kappa shape index (κ2) is 8.85. The molecule has 0 saturated carbocycles. The van der Waals surface area contributed by atoms with Gasteiger partial charge in [0.2, 0.25) is 0 Å². The Bertz CT molecular complexity index is 259. The molecular weight excluding hydrogens is 269 g/mol. The van der Waals surface area contributed by atoms with E-state index in [1.54, 1.807) is 0 Å². The summed E-state index contributed by atoms with van der Waals surface area (Å²) < 4.78 is 40.4. The molecular formula is C14H27F3N2O. The van der Waals surface area contributed by atoms with E-state index < -0.39 is 12.8 Å². The molecule has 3 nitrogen and oxygen atoms in total. The fraction of sp³-hybridized carbons (Fsp3) is 1.00. The molecule has 1 aliphatic rings. The van der Waals surface area contributed by atoms with Crippen molar-refractivity contribution in [1.29, 1.82) is 0 Å². The minimum Gasteiger partial charge on any atom is -0.372 e. The smallest absolute Gasteiger partial charge is 0.372 e.